The quantitative estimate of drug-likeness (QED) is 0.338. The molecule has 5 rings (SSSR count). The molecule has 2 heterocycles. The van der Waals surface area contributed by atoms with Crippen LogP contribution in [0.5, 0.6) is 11.5 Å². The van der Waals surface area contributed by atoms with E-state index >= 15 is 0 Å². The Labute approximate surface area is 201 Å². The predicted octanol–water partition coefficient (Wildman–Crippen LogP) is 5.51. The van der Waals surface area contributed by atoms with Gasteiger partial charge in [-0.05, 0) is 85.8 Å². The SMILES string of the molecule is C#Cc1cc(C(=O)O)cc(-c2ccn(-c3ccc(Oc4ccc(-n5ccc(C)n5)cc4)cc3)n2)c1. The van der Waals surface area contributed by atoms with Crippen molar-refractivity contribution in [2.75, 3.05) is 0 Å². The summed E-state index contributed by atoms with van der Waals surface area (Å²) in [6.45, 7) is 1.95. The zero-order valence-electron chi connectivity index (χ0n) is 18.8. The van der Waals surface area contributed by atoms with Crippen LogP contribution in [0.2, 0.25) is 0 Å². The minimum absolute atomic E-state index is 0.124. The maximum atomic E-state index is 11.4. The summed E-state index contributed by atoms with van der Waals surface area (Å²) in [7, 11) is 0. The van der Waals surface area contributed by atoms with Gasteiger partial charge >= 0.3 is 5.97 Å². The fraction of sp³-hybridized carbons (Fsp3) is 0.0357. The van der Waals surface area contributed by atoms with Crippen molar-refractivity contribution in [1.82, 2.24) is 19.6 Å². The summed E-state index contributed by atoms with van der Waals surface area (Å²) in [5.74, 6) is 2.86. The molecule has 0 bridgehead atoms. The van der Waals surface area contributed by atoms with Gasteiger partial charge in [0.15, 0.2) is 0 Å². The molecular weight excluding hydrogens is 440 g/mol. The van der Waals surface area contributed by atoms with Gasteiger partial charge in [-0.25, -0.2) is 14.2 Å². The van der Waals surface area contributed by atoms with E-state index in [0.29, 0.717) is 22.6 Å². The van der Waals surface area contributed by atoms with Gasteiger partial charge in [0.25, 0.3) is 0 Å². The standard InChI is InChI=1S/C28H20N4O3/c1-3-20-16-21(18-22(17-20)28(33)34)27-13-15-32(30-27)24-6-10-26(11-7-24)35-25-8-4-23(5-9-25)31-14-12-19(2)29-31/h1,4-18H,2H3,(H,33,34). The molecule has 0 unspecified atom stereocenters. The van der Waals surface area contributed by atoms with Gasteiger partial charge in [-0.1, -0.05) is 5.92 Å². The molecular formula is C28H20N4O3. The maximum Gasteiger partial charge on any atom is 0.335 e. The van der Waals surface area contributed by atoms with E-state index in [-0.39, 0.29) is 5.56 Å². The zero-order valence-corrected chi connectivity index (χ0v) is 18.8. The van der Waals surface area contributed by atoms with Crippen LogP contribution < -0.4 is 4.74 Å². The van der Waals surface area contributed by atoms with Gasteiger partial charge in [-0.3, -0.25) is 0 Å². The minimum Gasteiger partial charge on any atom is -0.478 e. The van der Waals surface area contributed by atoms with Crippen molar-refractivity contribution < 1.29 is 14.6 Å². The van der Waals surface area contributed by atoms with Crippen molar-refractivity contribution in [1.29, 1.82) is 0 Å². The molecule has 1 N–H and O–H groups in total. The van der Waals surface area contributed by atoms with Crippen LogP contribution in [0.3, 0.4) is 0 Å². The molecule has 0 atom stereocenters. The van der Waals surface area contributed by atoms with Gasteiger partial charge in [0.2, 0.25) is 0 Å². The van der Waals surface area contributed by atoms with E-state index in [1.165, 1.54) is 6.07 Å². The third-order valence-corrected chi connectivity index (χ3v) is 5.39. The van der Waals surface area contributed by atoms with Gasteiger partial charge < -0.3 is 9.84 Å². The Morgan fingerprint density at radius 2 is 1.46 bits per heavy atom. The van der Waals surface area contributed by atoms with Gasteiger partial charge in [-0.2, -0.15) is 10.2 Å². The molecule has 0 saturated carbocycles. The van der Waals surface area contributed by atoms with E-state index in [9.17, 15) is 9.90 Å². The molecule has 35 heavy (non-hydrogen) atoms. The highest BCUT2D eigenvalue weighted by molar-refractivity contribution is 5.90. The topological polar surface area (TPSA) is 82.2 Å². The number of aromatic nitrogens is 4. The van der Waals surface area contributed by atoms with E-state index in [1.807, 2.05) is 84.7 Å². The number of hydrogen-bond acceptors (Lipinski definition) is 4. The lowest BCUT2D eigenvalue weighted by Gasteiger charge is -2.08. The average molecular weight is 460 g/mol. The Morgan fingerprint density at radius 1 is 0.857 bits per heavy atom. The molecule has 0 aliphatic rings. The highest BCUT2D eigenvalue weighted by Gasteiger charge is 2.11. The summed E-state index contributed by atoms with van der Waals surface area (Å²) in [5.41, 5.74) is 4.63. The largest absolute Gasteiger partial charge is 0.478 e. The van der Waals surface area contributed by atoms with Gasteiger partial charge in [0.1, 0.15) is 11.5 Å². The molecule has 0 amide bonds. The van der Waals surface area contributed by atoms with Crippen LogP contribution in [0.25, 0.3) is 22.6 Å². The molecule has 0 saturated heterocycles. The number of carboxylic acid groups (broad SMARTS) is 1. The van der Waals surface area contributed by atoms with Crippen molar-refractivity contribution in [2.45, 2.75) is 6.92 Å². The van der Waals surface area contributed by atoms with Crippen LogP contribution in [0.15, 0.2) is 91.3 Å². The fourth-order valence-corrected chi connectivity index (χ4v) is 3.63. The molecule has 7 nitrogen and oxygen atoms in total. The Kier molecular flexibility index (Phi) is 5.62. The number of carbonyl (C=O) groups is 1. The molecule has 0 spiro atoms. The Balaban J connectivity index is 1.32. The van der Waals surface area contributed by atoms with Crippen LogP contribution in [0.1, 0.15) is 21.6 Å². The number of ether oxygens (including phenoxy) is 1. The monoisotopic (exact) mass is 460 g/mol. The molecule has 170 valence electrons. The van der Waals surface area contributed by atoms with Crippen LogP contribution >= 0.6 is 0 Å². The molecule has 3 aromatic carbocycles. The van der Waals surface area contributed by atoms with Gasteiger partial charge in [0.05, 0.1) is 28.3 Å². The number of aromatic carboxylic acids is 1. The zero-order chi connectivity index (χ0) is 24.4. The molecule has 2 aromatic heterocycles. The highest BCUT2D eigenvalue weighted by Crippen LogP contribution is 2.25. The first-order valence-electron chi connectivity index (χ1n) is 10.8. The second-order valence-electron chi connectivity index (χ2n) is 7.89. The van der Waals surface area contributed by atoms with Crippen LogP contribution in [-0.2, 0) is 0 Å². The summed E-state index contributed by atoms with van der Waals surface area (Å²) in [6.07, 6.45) is 9.21. The van der Waals surface area contributed by atoms with Crippen molar-refractivity contribution in [3.8, 4) is 46.5 Å². The molecule has 0 fully saturated rings. The number of terminal acetylenes is 1. The lowest BCUT2D eigenvalue weighted by molar-refractivity contribution is 0.0697. The third-order valence-electron chi connectivity index (χ3n) is 5.39. The Bertz CT molecular complexity index is 1560. The van der Waals surface area contributed by atoms with Crippen LogP contribution in [0, 0.1) is 19.3 Å². The van der Waals surface area contributed by atoms with Crippen molar-refractivity contribution in [3.05, 3.63) is 108 Å². The van der Waals surface area contributed by atoms with Gasteiger partial charge in [-0.15, -0.1) is 6.42 Å². The smallest absolute Gasteiger partial charge is 0.335 e. The van der Waals surface area contributed by atoms with Crippen molar-refractivity contribution >= 4 is 5.97 Å². The van der Waals surface area contributed by atoms with E-state index in [2.05, 4.69) is 16.1 Å². The molecule has 0 aliphatic heterocycles. The summed E-state index contributed by atoms with van der Waals surface area (Å²) < 4.78 is 9.50. The summed E-state index contributed by atoms with van der Waals surface area (Å²) in [5, 5.41) is 18.3. The highest BCUT2D eigenvalue weighted by atomic mass is 16.5. The second kappa shape index (κ2) is 9.04. The number of benzene rings is 3. The number of aryl methyl sites for hydroxylation is 1. The van der Waals surface area contributed by atoms with E-state index < -0.39 is 5.97 Å². The third kappa shape index (κ3) is 4.68. The minimum atomic E-state index is -1.04. The first-order chi connectivity index (χ1) is 17.0. The second-order valence-corrected chi connectivity index (χ2v) is 7.89. The lowest BCUT2D eigenvalue weighted by Crippen LogP contribution is -1.98. The van der Waals surface area contributed by atoms with Crippen LogP contribution in [0.4, 0.5) is 0 Å². The summed E-state index contributed by atoms with van der Waals surface area (Å²) >= 11 is 0. The first kappa shape index (κ1) is 21.7. The summed E-state index contributed by atoms with van der Waals surface area (Å²) in [6, 6.07) is 23.8. The van der Waals surface area contributed by atoms with E-state index in [0.717, 1.165) is 22.8 Å². The molecule has 0 radical (unpaired) electrons. The summed E-state index contributed by atoms with van der Waals surface area (Å²) in [4.78, 5) is 11.4. The Morgan fingerprint density at radius 3 is 2.00 bits per heavy atom. The number of rotatable bonds is 6. The first-order valence-corrected chi connectivity index (χ1v) is 10.8. The van der Waals surface area contributed by atoms with Gasteiger partial charge in [0, 0.05) is 23.5 Å². The van der Waals surface area contributed by atoms with E-state index in [1.54, 1.807) is 16.8 Å². The average Bonchev–Trinajstić information content (AvgIpc) is 3.54. The maximum absolute atomic E-state index is 11.4. The van der Waals surface area contributed by atoms with Crippen molar-refractivity contribution in [2.24, 2.45) is 0 Å². The number of carboxylic acids is 1. The fourth-order valence-electron chi connectivity index (χ4n) is 3.63. The lowest BCUT2D eigenvalue weighted by atomic mass is 10.0. The molecule has 5 aromatic rings. The number of hydrogen-bond donors (Lipinski definition) is 1. The van der Waals surface area contributed by atoms with E-state index in [4.69, 9.17) is 11.2 Å². The molecule has 0 aliphatic carbocycles. The normalized spacial score (nSPS) is 10.6. The molecule has 7 heteroatoms. The van der Waals surface area contributed by atoms with Crippen molar-refractivity contribution in [3.63, 3.8) is 0 Å². The number of nitrogens with zero attached hydrogens (tertiary/aromatic N) is 4. The Hall–Kier alpha value is -5.09. The predicted molar refractivity (Wildman–Crippen MR) is 132 cm³/mol. The van der Waals surface area contributed by atoms with Crippen LogP contribution in [-0.4, -0.2) is 30.6 Å².